The van der Waals surface area contributed by atoms with Gasteiger partial charge >= 0.3 is 6.09 Å². The molecular formula is C20H20F3N3O5S. The summed E-state index contributed by atoms with van der Waals surface area (Å²) in [5.41, 5.74) is 5.95. The number of alkyl halides is 2. The van der Waals surface area contributed by atoms with Gasteiger partial charge in [0, 0.05) is 37.6 Å². The quantitative estimate of drug-likeness (QED) is 0.537. The molecule has 0 saturated heterocycles. The summed E-state index contributed by atoms with van der Waals surface area (Å²) in [6, 6.07) is 2.95. The number of primary amides is 1. The molecule has 1 aliphatic carbocycles. The van der Waals surface area contributed by atoms with Gasteiger partial charge in [0.2, 0.25) is 22.4 Å². The smallest absolute Gasteiger partial charge is 0.411 e. The summed E-state index contributed by atoms with van der Waals surface area (Å²) >= 11 is 0. The van der Waals surface area contributed by atoms with Gasteiger partial charge in [0.25, 0.3) is 0 Å². The van der Waals surface area contributed by atoms with E-state index in [1.165, 1.54) is 30.5 Å². The van der Waals surface area contributed by atoms with Crippen LogP contribution in [0.1, 0.15) is 24.0 Å². The number of nitrogens with two attached hydrogens (primary N) is 1. The number of benzene rings is 1. The number of nitrogens with one attached hydrogen (secondary N) is 1. The zero-order valence-corrected chi connectivity index (χ0v) is 17.4. The number of carbonyl (C=O) groups is 2. The van der Waals surface area contributed by atoms with Crippen LogP contribution in [0.2, 0.25) is 0 Å². The molecule has 4 N–H and O–H groups in total. The third-order valence-corrected chi connectivity index (χ3v) is 6.59. The van der Waals surface area contributed by atoms with Gasteiger partial charge in [-0.05, 0) is 34.9 Å². The number of nitrogens with zero attached hydrogens (tertiary/aromatic N) is 1. The van der Waals surface area contributed by atoms with Crippen molar-refractivity contribution >= 4 is 27.6 Å². The Kier molecular flexibility index (Phi) is 6.74. The van der Waals surface area contributed by atoms with Crippen molar-refractivity contribution in [1.29, 1.82) is 0 Å². The van der Waals surface area contributed by atoms with Crippen molar-refractivity contribution in [2.45, 2.75) is 36.6 Å². The minimum Gasteiger partial charge on any atom is -0.465 e. The van der Waals surface area contributed by atoms with E-state index in [0.29, 0.717) is 16.7 Å². The first-order chi connectivity index (χ1) is 15.0. The monoisotopic (exact) mass is 471 g/mol. The van der Waals surface area contributed by atoms with Crippen LogP contribution in [0.3, 0.4) is 0 Å². The van der Waals surface area contributed by atoms with Crippen LogP contribution in [0, 0.1) is 0 Å². The largest absolute Gasteiger partial charge is 0.465 e. The lowest BCUT2D eigenvalue weighted by molar-refractivity contribution is -0.117. The highest BCUT2D eigenvalue weighted by molar-refractivity contribution is 7.89. The molecule has 0 radical (unpaired) electrons. The first kappa shape index (κ1) is 23.5. The van der Waals surface area contributed by atoms with Crippen molar-refractivity contribution in [3.63, 3.8) is 0 Å². The number of carbonyl (C=O) groups excluding carboxylic acids is 1. The molecule has 0 fully saturated rings. The third-order valence-electron chi connectivity index (χ3n) is 5.03. The van der Waals surface area contributed by atoms with Crippen molar-refractivity contribution in [2.24, 2.45) is 5.73 Å². The molecule has 1 aromatic rings. The molecule has 12 heteroatoms. The molecule has 2 amide bonds. The molecule has 1 aliphatic heterocycles. The molecule has 0 bridgehead atoms. The summed E-state index contributed by atoms with van der Waals surface area (Å²) < 4.78 is 67.4. The van der Waals surface area contributed by atoms with Crippen LogP contribution in [0.5, 0.6) is 0 Å². The van der Waals surface area contributed by atoms with Crippen LogP contribution in [0.4, 0.5) is 18.0 Å². The number of rotatable bonds is 8. The SMILES string of the molecule is NC(=O)CCNS(=O)(=O)c1ccc(C2=CN(C(=O)O)C3CC(F)=CC=C23)cc1CC(F)F. The Morgan fingerprint density at radius 2 is 2.00 bits per heavy atom. The third kappa shape index (κ3) is 5.02. The summed E-state index contributed by atoms with van der Waals surface area (Å²) in [6.45, 7) is -0.293. The number of hydrogen-bond acceptors (Lipinski definition) is 4. The molecule has 0 saturated carbocycles. The number of amides is 2. The second-order valence-corrected chi connectivity index (χ2v) is 8.96. The maximum absolute atomic E-state index is 13.7. The molecule has 8 nitrogen and oxygen atoms in total. The standard InChI is InChI=1S/C20H20F3N3O5S/c21-13-2-3-14-15(10-26(20(28)29)16(14)9-13)11-1-4-17(12(7-11)8-18(22)23)32(30,31)25-6-5-19(24)27/h1-4,7,10,16,18,25H,5-6,8-9H2,(H2,24,27)(H,28,29). The van der Waals surface area contributed by atoms with E-state index in [2.05, 4.69) is 4.72 Å². The normalized spacial score (nSPS) is 18.2. The maximum atomic E-state index is 13.7. The van der Waals surface area contributed by atoms with Crippen molar-refractivity contribution in [1.82, 2.24) is 9.62 Å². The highest BCUT2D eigenvalue weighted by Gasteiger charge is 2.36. The summed E-state index contributed by atoms with van der Waals surface area (Å²) in [5.74, 6) is -1.23. The van der Waals surface area contributed by atoms with Crippen LogP contribution in [-0.2, 0) is 21.2 Å². The van der Waals surface area contributed by atoms with E-state index < -0.39 is 46.7 Å². The van der Waals surface area contributed by atoms with Gasteiger partial charge in [0.1, 0.15) is 5.83 Å². The first-order valence-corrected chi connectivity index (χ1v) is 11.0. The molecule has 2 aliphatic rings. The average molecular weight is 471 g/mol. The lowest BCUT2D eigenvalue weighted by Crippen LogP contribution is -2.33. The minimum atomic E-state index is -4.22. The van der Waals surface area contributed by atoms with Gasteiger partial charge in [-0.25, -0.2) is 31.1 Å². The zero-order valence-electron chi connectivity index (χ0n) is 16.6. The van der Waals surface area contributed by atoms with E-state index in [9.17, 15) is 36.3 Å². The summed E-state index contributed by atoms with van der Waals surface area (Å²) in [5, 5.41) is 9.44. The molecule has 0 aromatic heterocycles. The molecule has 1 aromatic carbocycles. The van der Waals surface area contributed by atoms with E-state index in [1.54, 1.807) is 0 Å². The highest BCUT2D eigenvalue weighted by Crippen LogP contribution is 2.41. The number of fused-ring (bicyclic) bond motifs is 1. The van der Waals surface area contributed by atoms with Crippen LogP contribution < -0.4 is 10.5 Å². The zero-order chi connectivity index (χ0) is 23.6. The van der Waals surface area contributed by atoms with Crippen LogP contribution in [0.25, 0.3) is 5.57 Å². The predicted octanol–water partition coefficient (Wildman–Crippen LogP) is 2.53. The predicted molar refractivity (Wildman–Crippen MR) is 109 cm³/mol. The fourth-order valence-electron chi connectivity index (χ4n) is 3.63. The summed E-state index contributed by atoms with van der Waals surface area (Å²) in [4.78, 5) is 23.0. The molecular weight excluding hydrogens is 451 g/mol. The van der Waals surface area contributed by atoms with E-state index in [1.807, 2.05) is 0 Å². The Morgan fingerprint density at radius 1 is 1.28 bits per heavy atom. The fourth-order valence-corrected chi connectivity index (χ4v) is 4.89. The van der Waals surface area contributed by atoms with Gasteiger partial charge in [0.15, 0.2) is 0 Å². The topological polar surface area (TPSA) is 130 Å². The second-order valence-electron chi connectivity index (χ2n) is 7.22. The van der Waals surface area contributed by atoms with Crippen LogP contribution in [-0.4, -0.2) is 49.4 Å². The molecule has 3 rings (SSSR count). The van der Waals surface area contributed by atoms with Crippen LogP contribution >= 0.6 is 0 Å². The fraction of sp³-hybridized carbons (Fsp3) is 0.300. The molecule has 1 heterocycles. The lowest BCUT2D eigenvalue weighted by atomic mass is 9.90. The summed E-state index contributed by atoms with van der Waals surface area (Å²) in [7, 11) is -4.22. The van der Waals surface area contributed by atoms with Crippen molar-refractivity contribution in [2.75, 3.05) is 6.54 Å². The Bertz CT molecular complexity index is 1150. The van der Waals surface area contributed by atoms with Gasteiger partial charge in [-0.15, -0.1) is 0 Å². The maximum Gasteiger partial charge on any atom is 0.411 e. The van der Waals surface area contributed by atoms with E-state index in [-0.39, 0.29) is 29.8 Å². The van der Waals surface area contributed by atoms with Gasteiger partial charge in [-0.2, -0.15) is 0 Å². The number of halogens is 3. The molecule has 172 valence electrons. The van der Waals surface area contributed by atoms with E-state index >= 15 is 0 Å². The van der Waals surface area contributed by atoms with Crippen LogP contribution in [0.15, 0.2) is 52.8 Å². The molecule has 0 spiro atoms. The molecule has 1 atom stereocenters. The number of allylic oxidation sites excluding steroid dienone is 2. The number of carboxylic acid groups (broad SMARTS) is 1. The van der Waals surface area contributed by atoms with Crippen molar-refractivity contribution in [3.05, 3.63) is 59.1 Å². The number of hydrogen-bond donors (Lipinski definition) is 3. The van der Waals surface area contributed by atoms with E-state index in [4.69, 9.17) is 5.73 Å². The van der Waals surface area contributed by atoms with Crippen molar-refractivity contribution in [3.8, 4) is 0 Å². The first-order valence-electron chi connectivity index (χ1n) is 9.48. The van der Waals surface area contributed by atoms with Gasteiger partial charge in [-0.1, -0.05) is 12.1 Å². The Hall–Kier alpha value is -3.12. The number of sulfonamides is 1. The highest BCUT2D eigenvalue weighted by atomic mass is 32.2. The Morgan fingerprint density at radius 3 is 2.62 bits per heavy atom. The molecule has 1 unspecified atom stereocenters. The Labute approximate surface area is 181 Å². The van der Waals surface area contributed by atoms with Crippen molar-refractivity contribution < 1.29 is 36.3 Å². The summed E-state index contributed by atoms with van der Waals surface area (Å²) in [6.07, 6.45) is -1.57. The minimum absolute atomic E-state index is 0.168. The Balaban J connectivity index is 2.02. The lowest BCUT2D eigenvalue weighted by Gasteiger charge is -2.23. The average Bonchev–Trinajstić information content (AvgIpc) is 3.05. The van der Waals surface area contributed by atoms with Gasteiger partial charge in [0.05, 0.1) is 10.9 Å². The van der Waals surface area contributed by atoms with E-state index in [0.717, 1.165) is 11.0 Å². The molecule has 32 heavy (non-hydrogen) atoms. The van der Waals surface area contributed by atoms with Gasteiger partial charge < -0.3 is 10.8 Å². The second kappa shape index (κ2) is 9.17. The van der Waals surface area contributed by atoms with Gasteiger partial charge in [-0.3, -0.25) is 9.69 Å².